The first-order valence-corrected chi connectivity index (χ1v) is 7.86. The zero-order valence-corrected chi connectivity index (χ0v) is 13.6. The van der Waals surface area contributed by atoms with E-state index < -0.39 is 18.1 Å². The van der Waals surface area contributed by atoms with Gasteiger partial charge in [-0.1, -0.05) is 28.8 Å². The summed E-state index contributed by atoms with van der Waals surface area (Å²) in [6.07, 6.45) is 4.59. The van der Waals surface area contributed by atoms with Crippen molar-refractivity contribution in [2.24, 2.45) is 11.7 Å². The molecule has 5 atom stereocenters. The number of likely N-dealkylation sites (tertiary alicyclic amines) is 1. The van der Waals surface area contributed by atoms with Crippen LogP contribution >= 0.6 is 9.39 Å². The predicted molar refractivity (Wildman–Crippen MR) is 85.2 cm³/mol. The van der Waals surface area contributed by atoms with Gasteiger partial charge < -0.3 is 15.7 Å². The third kappa shape index (κ3) is 4.50. The van der Waals surface area contributed by atoms with Gasteiger partial charge in [0.15, 0.2) is 0 Å². The Morgan fingerprint density at radius 3 is 2.76 bits per heavy atom. The molecule has 0 aromatic heterocycles. The molecule has 120 valence electrons. The maximum Gasteiger partial charge on any atom is 0.240 e. The monoisotopic (exact) mass is 315 g/mol. The topological polar surface area (TPSA) is 95.7 Å². The van der Waals surface area contributed by atoms with E-state index in [0.29, 0.717) is 6.42 Å². The van der Waals surface area contributed by atoms with Crippen molar-refractivity contribution in [1.29, 1.82) is 0 Å². The number of unbranched alkanes of at least 4 members (excludes halogenated alkanes) is 2. The lowest BCUT2D eigenvalue weighted by Crippen LogP contribution is -2.51. The Kier molecular flexibility index (Phi) is 7.29. The molecule has 6 nitrogen and oxygen atoms in total. The lowest BCUT2D eigenvalue weighted by molar-refractivity contribution is -0.139. The Balaban J connectivity index is 2.69. The fraction of sp³-hybridized carbons (Fsp3) is 0.714. The normalized spacial score (nSPS) is 26.6. The molecule has 1 saturated heterocycles. The summed E-state index contributed by atoms with van der Waals surface area (Å²) in [6, 6.07) is -1.12. The molecule has 2 unspecified atom stereocenters. The second-order valence-corrected chi connectivity index (χ2v) is 5.89. The number of primary amides is 1. The van der Waals surface area contributed by atoms with Gasteiger partial charge in [0, 0.05) is 12.5 Å². The maximum atomic E-state index is 12.6. The minimum atomic E-state index is -0.735. The van der Waals surface area contributed by atoms with E-state index in [9.17, 15) is 14.7 Å². The van der Waals surface area contributed by atoms with Gasteiger partial charge in [0.05, 0.1) is 12.1 Å². The third-order valence-electron chi connectivity index (χ3n) is 4.05. The van der Waals surface area contributed by atoms with Crippen LogP contribution in [0.5, 0.6) is 0 Å². The van der Waals surface area contributed by atoms with Crippen LogP contribution in [-0.4, -0.2) is 46.6 Å². The first-order chi connectivity index (χ1) is 9.93. The Hall–Kier alpha value is -0.970. The second kappa shape index (κ2) is 8.47. The van der Waals surface area contributed by atoms with Crippen LogP contribution in [0, 0.1) is 5.92 Å². The molecule has 0 bridgehead atoms. The van der Waals surface area contributed by atoms with Crippen molar-refractivity contribution < 1.29 is 14.7 Å². The summed E-state index contributed by atoms with van der Waals surface area (Å²) in [6.45, 7) is 5.56. The van der Waals surface area contributed by atoms with Gasteiger partial charge in [0.2, 0.25) is 11.8 Å². The molecule has 0 aromatic carbocycles. The van der Waals surface area contributed by atoms with Gasteiger partial charge in [0.1, 0.15) is 6.04 Å². The molecule has 2 amide bonds. The summed E-state index contributed by atoms with van der Waals surface area (Å²) < 4.78 is 0. The van der Waals surface area contributed by atoms with Gasteiger partial charge in [-0.3, -0.25) is 14.7 Å². The van der Waals surface area contributed by atoms with E-state index in [4.69, 9.17) is 5.73 Å². The number of aliphatic hydroxyl groups is 1. The van der Waals surface area contributed by atoms with Crippen LogP contribution in [0.3, 0.4) is 0 Å². The Bertz CT molecular complexity index is 392. The number of rotatable bonds is 8. The van der Waals surface area contributed by atoms with E-state index in [1.54, 1.807) is 6.92 Å². The number of nitrogens with two attached hydrogens (primary N) is 1. The quantitative estimate of drug-likeness (QED) is 0.338. The summed E-state index contributed by atoms with van der Waals surface area (Å²) in [5.41, 5.74) is 5.38. The molecule has 0 radical (unpaired) electrons. The van der Waals surface area contributed by atoms with E-state index in [1.165, 1.54) is 4.90 Å². The van der Waals surface area contributed by atoms with Crippen molar-refractivity contribution in [3.63, 3.8) is 0 Å². The van der Waals surface area contributed by atoms with Crippen molar-refractivity contribution >= 4 is 21.2 Å². The molecule has 0 aromatic rings. The first kappa shape index (κ1) is 18.1. The number of hydrogen-bond donors (Lipinski definition) is 3. The van der Waals surface area contributed by atoms with Gasteiger partial charge in [-0.05, 0) is 19.3 Å². The van der Waals surface area contributed by atoms with Crippen LogP contribution in [0.1, 0.15) is 32.6 Å². The molecular weight excluding hydrogens is 289 g/mol. The number of β-amino-alcohol motifs (C(OH)–C–C–N with tert-alkyl or cyclic N) is 1. The summed E-state index contributed by atoms with van der Waals surface area (Å²) in [5, 5.41) is 12.8. The smallest absolute Gasteiger partial charge is 0.240 e. The van der Waals surface area contributed by atoms with Gasteiger partial charge in [-0.2, -0.15) is 0 Å². The Morgan fingerprint density at radius 1 is 1.57 bits per heavy atom. The van der Waals surface area contributed by atoms with E-state index in [0.717, 1.165) is 19.3 Å². The fourth-order valence-corrected chi connectivity index (χ4v) is 3.04. The number of allylic oxidation sites excluding steroid dienone is 1. The number of aliphatic hydroxyl groups excluding tert-OH is 1. The molecular formula is C14H26N3O3P. The van der Waals surface area contributed by atoms with E-state index in [-0.39, 0.29) is 24.4 Å². The SMILES string of the molecule is C=CCCCC[C@H](NP)C(=O)N1C[C@H](O)C(C)[C@H]1C(N)=O. The van der Waals surface area contributed by atoms with Crippen molar-refractivity contribution in [3.05, 3.63) is 12.7 Å². The van der Waals surface area contributed by atoms with Crippen molar-refractivity contribution in [2.45, 2.75) is 50.8 Å². The Labute approximate surface area is 128 Å². The summed E-state index contributed by atoms with van der Waals surface area (Å²) in [4.78, 5) is 25.5. The van der Waals surface area contributed by atoms with Crippen LogP contribution in [0.25, 0.3) is 0 Å². The summed E-state index contributed by atoms with van der Waals surface area (Å²) in [7, 11) is 2.35. The highest BCUT2D eigenvalue weighted by molar-refractivity contribution is 7.13. The van der Waals surface area contributed by atoms with Gasteiger partial charge in [0.25, 0.3) is 0 Å². The zero-order chi connectivity index (χ0) is 16.0. The van der Waals surface area contributed by atoms with Gasteiger partial charge in [-0.25, -0.2) is 0 Å². The van der Waals surface area contributed by atoms with Crippen LogP contribution < -0.4 is 10.8 Å². The van der Waals surface area contributed by atoms with Gasteiger partial charge in [-0.15, -0.1) is 6.58 Å². The Morgan fingerprint density at radius 2 is 2.24 bits per heavy atom. The van der Waals surface area contributed by atoms with Crippen LogP contribution in [0.4, 0.5) is 0 Å². The van der Waals surface area contributed by atoms with Crippen LogP contribution in [-0.2, 0) is 9.59 Å². The average molecular weight is 315 g/mol. The van der Waals surface area contributed by atoms with Gasteiger partial charge >= 0.3 is 0 Å². The maximum absolute atomic E-state index is 12.6. The molecule has 4 N–H and O–H groups in total. The van der Waals surface area contributed by atoms with Crippen molar-refractivity contribution in [3.8, 4) is 0 Å². The standard InChI is InChI=1S/C14H26N3O3P/c1-3-4-5-6-7-10(16-21)14(20)17-8-11(18)9(2)12(17)13(15)19/h3,9-12,16,18H,1,4-8,21H2,2H3,(H2,15,19)/t9?,10-,11-,12-/m0/s1. The number of hydrogen-bond acceptors (Lipinski definition) is 4. The average Bonchev–Trinajstić information content (AvgIpc) is 2.74. The molecule has 7 heteroatoms. The molecule has 0 saturated carbocycles. The van der Waals surface area contributed by atoms with E-state index in [1.807, 2.05) is 6.08 Å². The fourth-order valence-electron chi connectivity index (χ4n) is 2.73. The molecule has 0 spiro atoms. The summed E-state index contributed by atoms with van der Waals surface area (Å²) in [5.74, 6) is -1.09. The third-order valence-corrected chi connectivity index (χ3v) is 4.45. The number of nitrogens with one attached hydrogen (secondary N) is 1. The second-order valence-electron chi connectivity index (χ2n) is 5.56. The highest BCUT2D eigenvalue weighted by atomic mass is 31.0. The van der Waals surface area contributed by atoms with E-state index >= 15 is 0 Å². The number of carbonyl (C=O) groups is 2. The molecule has 1 aliphatic rings. The summed E-state index contributed by atoms with van der Waals surface area (Å²) >= 11 is 0. The molecule has 0 aliphatic carbocycles. The number of amides is 2. The first-order valence-electron chi connectivity index (χ1n) is 7.28. The van der Waals surface area contributed by atoms with Crippen LogP contribution in [0.2, 0.25) is 0 Å². The predicted octanol–water partition coefficient (Wildman–Crippen LogP) is 0.174. The highest BCUT2D eigenvalue weighted by Crippen LogP contribution is 2.25. The number of carbonyl (C=O) groups excluding carboxylic acids is 2. The highest BCUT2D eigenvalue weighted by Gasteiger charge is 2.45. The largest absolute Gasteiger partial charge is 0.391 e. The van der Waals surface area contributed by atoms with Crippen molar-refractivity contribution in [1.82, 2.24) is 9.99 Å². The zero-order valence-electron chi connectivity index (χ0n) is 12.5. The van der Waals surface area contributed by atoms with Crippen LogP contribution in [0.15, 0.2) is 12.7 Å². The molecule has 1 fully saturated rings. The minimum Gasteiger partial charge on any atom is -0.391 e. The van der Waals surface area contributed by atoms with E-state index in [2.05, 4.69) is 21.1 Å². The minimum absolute atomic E-state index is 0.156. The molecule has 21 heavy (non-hydrogen) atoms. The number of nitrogens with zero attached hydrogens (tertiary/aromatic N) is 1. The molecule has 1 aliphatic heterocycles. The lowest BCUT2D eigenvalue weighted by atomic mass is 10.00. The lowest BCUT2D eigenvalue weighted by Gasteiger charge is -2.28. The van der Waals surface area contributed by atoms with Crippen molar-refractivity contribution in [2.75, 3.05) is 6.54 Å². The molecule has 1 rings (SSSR count). The molecule has 1 heterocycles.